The third-order valence-electron chi connectivity index (χ3n) is 1.31. The summed E-state index contributed by atoms with van der Waals surface area (Å²) in [5.41, 5.74) is 0.0342. The van der Waals surface area contributed by atoms with Gasteiger partial charge in [0.05, 0.1) is 6.61 Å². The second kappa shape index (κ2) is 4.13. The van der Waals surface area contributed by atoms with Crippen molar-refractivity contribution >= 4 is 11.7 Å². The molecule has 5 heteroatoms. The number of oxime groups is 1. The van der Waals surface area contributed by atoms with Gasteiger partial charge in [-0.2, -0.15) is 4.99 Å². The number of hydrogen-bond donors (Lipinski definition) is 0. The summed E-state index contributed by atoms with van der Waals surface area (Å²) >= 11 is 0. The number of carbonyl (C=O) groups excluding carboxylic acids is 1. The van der Waals surface area contributed by atoms with Crippen LogP contribution in [0.15, 0.2) is 17.5 Å². The lowest BCUT2D eigenvalue weighted by Crippen LogP contribution is -2.23. The average Bonchev–Trinajstić information content (AvgIpc) is 2.14. The van der Waals surface area contributed by atoms with Crippen LogP contribution in [-0.2, 0) is 19.4 Å². The second-order valence-electron chi connectivity index (χ2n) is 4.09. The topological polar surface area (TPSA) is 57.1 Å². The molecule has 0 aromatic rings. The van der Waals surface area contributed by atoms with Crippen molar-refractivity contribution in [3.8, 4) is 0 Å². The molecular formula is C9H13NO4. The van der Waals surface area contributed by atoms with Crippen LogP contribution in [0.4, 0.5) is 0 Å². The van der Waals surface area contributed by atoms with Crippen LogP contribution in [0.3, 0.4) is 0 Å². The molecule has 0 aromatic carbocycles. The van der Waals surface area contributed by atoms with E-state index in [0.29, 0.717) is 6.61 Å². The lowest BCUT2D eigenvalue weighted by atomic mass is 9.99. The zero-order valence-electron chi connectivity index (χ0n) is 8.44. The van der Waals surface area contributed by atoms with Crippen molar-refractivity contribution in [2.24, 2.45) is 10.6 Å². The van der Waals surface area contributed by atoms with E-state index in [1.165, 1.54) is 12.3 Å². The van der Waals surface area contributed by atoms with Crippen LogP contribution in [0, 0.1) is 5.41 Å². The fourth-order valence-electron chi connectivity index (χ4n) is 0.670. The molecule has 0 amide bonds. The number of esters is 1. The van der Waals surface area contributed by atoms with Gasteiger partial charge in [0, 0.05) is 6.08 Å². The fraction of sp³-hybridized carbons (Fsp3) is 0.556. The van der Waals surface area contributed by atoms with E-state index in [-0.39, 0.29) is 11.1 Å². The monoisotopic (exact) mass is 199 g/mol. The standard InChI is InChI=1S/C9H13NO4/c1-9(2,3)6-12-8(11)7-4-5-13-14-10-7/h4-5H,6H2,1-3H3. The van der Waals surface area contributed by atoms with Crippen molar-refractivity contribution in [2.75, 3.05) is 6.61 Å². The van der Waals surface area contributed by atoms with Gasteiger partial charge in [-0.05, 0) is 10.6 Å². The molecule has 1 heterocycles. The van der Waals surface area contributed by atoms with E-state index in [2.05, 4.69) is 15.0 Å². The predicted octanol–water partition coefficient (Wildman–Crippen LogP) is 1.41. The Kier molecular flexibility index (Phi) is 3.11. The van der Waals surface area contributed by atoms with Crippen LogP contribution >= 0.6 is 0 Å². The summed E-state index contributed by atoms with van der Waals surface area (Å²) in [4.78, 5) is 19.9. The Hall–Kier alpha value is -1.52. The van der Waals surface area contributed by atoms with Gasteiger partial charge >= 0.3 is 5.97 Å². The van der Waals surface area contributed by atoms with Gasteiger partial charge in [0.25, 0.3) is 0 Å². The smallest absolute Gasteiger partial charge is 0.360 e. The van der Waals surface area contributed by atoms with Crippen molar-refractivity contribution < 1.29 is 19.4 Å². The van der Waals surface area contributed by atoms with Gasteiger partial charge in [-0.3, -0.25) is 4.89 Å². The number of hydrogen-bond acceptors (Lipinski definition) is 5. The summed E-state index contributed by atoms with van der Waals surface area (Å²) in [6, 6.07) is 0. The Morgan fingerprint density at radius 3 is 2.79 bits per heavy atom. The highest BCUT2D eigenvalue weighted by molar-refractivity contribution is 6.41. The zero-order chi connectivity index (χ0) is 10.6. The molecule has 0 atom stereocenters. The normalized spacial score (nSPS) is 15.2. The highest BCUT2D eigenvalue weighted by Gasteiger charge is 2.18. The first-order valence-electron chi connectivity index (χ1n) is 4.23. The fourth-order valence-corrected chi connectivity index (χ4v) is 0.670. The Morgan fingerprint density at radius 2 is 2.29 bits per heavy atom. The number of ether oxygens (including phenoxy) is 1. The average molecular weight is 199 g/mol. The molecular weight excluding hydrogens is 186 g/mol. The Morgan fingerprint density at radius 1 is 1.57 bits per heavy atom. The number of rotatable bonds is 2. The van der Waals surface area contributed by atoms with Crippen molar-refractivity contribution in [3.05, 3.63) is 12.3 Å². The van der Waals surface area contributed by atoms with Gasteiger partial charge in [-0.15, -0.1) is 0 Å². The van der Waals surface area contributed by atoms with E-state index in [9.17, 15) is 4.79 Å². The quantitative estimate of drug-likeness (QED) is 0.498. The van der Waals surface area contributed by atoms with E-state index in [1.54, 1.807) is 0 Å². The molecule has 0 unspecified atom stereocenters. The molecule has 0 saturated heterocycles. The predicted molar refractivity (Wildman–Crippen MR) is 49.2 cm³/mol. The minimum absolute atomic E-state index is 0.0635. The maximum Gasteiger partial charge on any atom is 0.360 e. The first-order valence-corrected chi connectivity index (χ1v) is 4.23. The van der Waals surface area contributed by atoms with E-state index < -0.39 is 5.97 Å². The van der Waals surface area contributed by atoms with Crippen molar-refractivity contribution in [2.45, 2.75) is 20.8 Å². The largest absolute Gasteiger partial charge is 0.460 e. The third-order valence-corrected chi connectivity index (χ3v) is 1.31. The summed E-state index contributed by atoms with van der Waals surface area (Å²) < 4.78 is 4.99. The molecule has 1 aliphatic heterocycles. The number of nitrogens with zero attached hydrogens (tertiary/aromatic N) is 1. The summed E-state index contributed by atoms with van der Waals surface area (Å²) in [7, 11) is 0. The molecule has 1 rings (SSSR count). The minimum atomic E-state index is -0.514. The van der Waals surface area contributed by atoms with Crippen LogP contribution in [0.25, 0.3) is 0 Å². The summed E-state index contributed by atoms with van der Waals surface area (Å²) in [5.74, 6) is -0.514. The lowest BCUT2D eigenvalue weighted by Gasteiger charge is -2.17. The van der Waals surface area contributed by atoms with Gasteiger partial charge < -0.3 is 4.74 Å². The number of carbonyl (C=O) groups is 1. The third kappa shape index (κ3) is 3.47. The highest BCUT2D eigenvalue weighted by Crippen LogP contribution is 2.13. The van der Waals surface area contributed by atoms with Crippen LogP contribution in [0.1, 0.15) is 20.8 Å². The first kappa shape index (κ1) is 10.6. The van der Waals surface area contributed by atoms with E-state index in [1.807, 2.05) is 20.8 Å². The Balaban J connectivity index is 2.43. The maximum absolute atomic E-state index is 11.3. The van der Waals surface area contributed by atoms with E-state index in [4.69, 9.17) is 4.74 Å². The molecule has 0 aromatic heterocycles. The molecule has 0 N–H and O–H groups in total. The van der Waals surface area contributed by atoms with E-state index in [0.717, 1.165) is 0 Å². The Labute approximate surface area is 82.2 Å². The van der Waals surface area contributed by atoms with E-state index >= 15 is 0 Å². The van der Waals surface area contributed by atoms with Crippen molar-refractivity contribution in [1.29, 1.82) is 0 Å². The van der Waals surface area contributed by atoms with Crippen LogP contribution in [-0.4, -0.2) is 18.3 Å². The molecule has 0 fully saturated rings. The zero-order valence-corrected chi connectivity index (χ0v) is 8.44. The lowest BCUT2D eigenvalue weighted by molar-refractivity contribution is -0.252. The molecule has 78 valence electrons. The molecule has 0 saturated carbocycles. The summed E-state index contributed by atoms with van der Waals surface area (Å²) in [6.07, 6.45) is 2.61. The maximum atomic E-state index is 11.3. The van der Waals surface area contributed by atoms with Gasteiger partial charge in [0.2, 0.25) is 0 Å². The van der Waals surface area contributed by atoms with Gasteiger partial charge in [0.1, 0.15) is 6.26 Å². The second-order valence-corrected chi connectivity index (χ2v) is 4.09. The molecule has 5 nitrogen and oxygen atoms in total. The highest BCUT2D eigenvalue weighted by atomic mass is 17.3. The van der Waals surface area contributed by atoms with Gasteiger partial charge in [-0.25, -0.2) is 4.79 Å². The van der Waals surface area contributed by atoms with Crippen LogP contribution in [0.5, 0.6) is 0 Å². The minimum Gasteiger partial charge on any atom is -0.460 e. The summed E-state index contributed by atoms with van der Waals surface area (Å²) in [5, 5.41) is 3.36. The van der Waals surface area contributed by atoms with Crippen LogP contribution < -0.4 is 0 Å². The van der Waals surface area contributed by atoms with Crippen molar-refractivity contribution in [3.63, 3.8) is 0 Å². The molecule has 0 bridgehead atoms. The molecule has 0 aliphatic carbocycles. The first-order chi connectivity index (χ1) is 6.49. The molecule has 1 aliphatic rings. The summed E-state index contributed by atoms with van der Waals surface area (Å²) in [6.45, 7) is 6.24. The SMILES string of the molecule is CC(C)(C)COC(=O)C1=NOOC=C1. The molecule has 0 radical (unpaired) electrons. The molecule has 0 spiro atoms. The Bertz CT molecular complexity index is 275. The van der Waals surface area contributed by atoms with Crippen LogP contribution in [0.2, 0.25) is 0 Å². The van der Waals surface area contributed by atoms with Gasteiger partial charge in [-0.1, -0.05) is 20.8 Å². The van der Waals surface area contributed by atoms with Gasteiger partial charge in [0.15, 0.2) is 5.71 Å². The van der Waals surface area contributed by atoms with Crippen molar-refractivity contribution in [1.82, 2.24) is 0 Å². The molecule has 14 heavy (non-hydrogen) atoms.